The Labute approximate surface area is 108 Å². The molecule has 4 heteroatoms. The minimum absolute atomic E-state index is 0.250. The van der Waals surface area contributed by atoms with Crippen molar-refractivity contribution in [1.29, 1.82) is 0 Å². The Hall–Kier alpha value is -1.55. The standard InChI is InChI=1S/C14H21N3O/c1-5-18-14(3,4)9-17-12-8-10(2)6-7-11(12)16-13(17)15/h6-8H,5,9H2,1-4H3,(H2,15,16). The van der Waals surface area contributed by atoms with Gasteiger partial charge in [0.05, 0.1) is 23.2 Å². The molecule has 1 aromatic carbocycles. The van der Waals surface area contributed by atoms with Crippen LogP contribution in [0.2, 0.25) is 0 Å². The largest absolute Gasteiger partial charge is 0.374 e. The number of aryl methyl sites for hydroxylation is 1. The molecule has 0 unspecified atom stereocenters. The number of hydrogen-bond donors (Lipinski definition) is 1. The number of nitrogen functional groups attached to an aromatic ring is 1. The fraction of sp³-hybridized carbons (Fsp3) is 0.500. The van der Waals surface area contributed by atoms with Crippen molar-refractivity contribution in [2.24, 2.45) is 0 Å². The lowest BCUT2D eigenvalue weighted by molar-refractivity contribution is -0.0212. The summed E-state index contributed by atoms with van der Waals surface area (Å²) in [7, 11) is 0. The van der Waals surface area contributed by atoms with Gasteiger partial charge in [0.25, 0.3) is 0 Å². The molecule has 0 atom stereocenters. The minimum atomic E-state index is -0.250. The van der Waals surface area contributed by atoms with Gasteiger partial charge in [-0.2, -0.15) is 0 Å². The van der Waals surface area contributed by atoms with Gasteiger partial charge in [0.2, 0.25) is 5.95 Å². The smallest absolute Gasteiger partial charge is 0.201 e. The summed E-state index contributed by atoms with van der Waals surface area (Å²) in [5.41, 5.74) is 8.96. The molecule has 0 fully saturated rings. The predicted molar refractivity (Wildman–Crippen MR) is 74.6 cm³/mol. The molecule has 1 aromatic heterocycles. The third-order valence-corrected chi connectivity index (χ3v) is 3.01. The van der Waals surface area contributed by atoms with Gasteiger partial charge in [-0.1, -0.05) is 6.07 Å². The first kappa shape index (κ1) is 12.9. The van der Waals surface area contributed by atoms with Gasteiger partial charge in [-0.3, -0.25) is 0 Å². The van der Waals surface area contributed by atoms with Crippen molar-refractivity contribution in [3.05, 3.63) is 23.8 Å². The van der Waals surface area contributed by atoms with E-state index in [0.29, 0.717) is 19.1 Å². The van der Waals surface area contributed by atoms with Crippen molar-refractivity contribution in [2.75, 3.05) is 12.3 Å². The fourth-order valence-corrected chi connectivity index (χ4v) is 2.23. The van der Waals surface area contributed by atoms with E-state index in [1.54, 1.807) is 0 Å². The zero-order chi connectivity index (χ0) is 13.3. The van der Waals surface area contributed by atoms with Crippen molar-refractivity contribution in [3.63, 3.8) is 0 Å². The van der Waals surface area contributed by atoms with Crippen LogP contribution in [0.25, 0.3) is 11.0 Å². The van der Waals surface area contributed by atoms with Crippen LogP contribution >= 0.6 is 0 Å². The van der Waals surface area contributed by atoms with Crippen molar-refractivity contribution in [3.8, 4) is 0 Å². The molecule has 0 aliphatic rings. The first-order chi connectivity index (χ1) is 8.43. The molecule has 2 aromatic rings. The number of hydrogen-bond acceptors (Lipinski definition) is 3. The maximum atomic E-state index is 6.00. The lowest BCUT2D eigenvalue weighted by Crippen LogP contribution is -2.31. The van der Waals surface area contributed by atoms with Crippen LogP contribution in [-0.4, -0.2) is 21.8 Å². The number of nitrogens with two attached hydrogens (primary N) is 1. The Kier molecular flexibility index (Phi) is 3.30. The highest BCUT2D eigenvalue weighted by atomic mass is 16.5. The van der Waals surface area contributed by atoms with Crippen molar-refractivity contribution in [1.82, 2.24) is 9.55 Å². The normalized spacial score (nSPS) is 12.2. The summed E-state index contributed by atoms with van der Waals surface area (Å²) in [6.45, 7) is 9.60. The van der Waals surface area contributed by atoms with Gasteiger partial charge in [-0.25, -0.2) is 4.98 Å². The molecule has 18 heavy (non-hydrogen) atoms. The fourth-order valence-electron chi connectivity index (χ4n) is 2.23. The van der Waals surface area contributed by atoms with E-state index in [-0.39, 0.29) is 5.60 Å². The number of nitrogens with zero attached hydrogens (tertiary/aromatic N) is 2. The molecule has 2 N–H and O–H groups in total. The number of anilines is 1. The van der Waals surface area contributed by atoms with Gasteiger partial charge in [-0.05, 0) is 45.4 Å². The summed E-state index contributed by atoms with van der Waals surface area (Å²) in [6, 6.07) is 6.17. The van der Waals surface area contributed by atoms with Gasteiger partial charge in [-0.15, -0.1) is 0 Å². The first-order valence-electron chi connectivity index (χ1n) is 6.29. The molecule has 2 rings (SSSR count). The molecular formula is C14H21N3O. The lowest BCUT2D eigenvalue weighted by Gasteiger charge is -2.25. The van der Waals surface area contributed by atoms with Gasteiger partial charge in [0.1, 0.15) is 0 Å². The van der Waals surface area contributed by atoms with E-state index >= 15 is 0 Å². The van der Waals surface area contributed by atoms with Crippen LogP contribution in [0.1, 0.15) is 26.3 Å². The number of imidazole rings is 1. The van der Waals surface area contributed by atoms with Gasteiger partial charge in [0.15, 0.2) is 0 Å². The second-order valence-electron chi connectivity index (χ2n) is 5.24. The van der Waals surface area contributed by atoms with Crippen LogP contribution in [-0.2, 0) is 11.3 Å². The maximum Gasteiger partial charge on any atom is 0.201 e. The average molecular weight is 247 g/mol. The molecule has 0 aliphatic carbocycles. The third kappa shape index (κ3) is 2.48. The number of ether oxygens (including phenoxy) is 1. The van der Waals surface area contributed by atoms with Crippen molar-refractivity contribution in [2.45, 2.75) is 39.8 Å². The molecule has 0 bridgehead atoms. The number of fused-ring (bicyclic) bond motifs is 1. The molecule has 0 saturated carbocycles. The number of benzene rings is 1. The Balaban J connectivity index is 2.43. The quantitative estimate of drug-likeness (QED) is 0.903. The predicted octanol–water partition coefficient (Wildman–Crippen LogP) is 2.74. The van der Waals surface area contributed by atoms with E-state index in [4.69, 9.17) is 10.5 Å². The summed E-state index contributed by atoms with van der Waals surface area (Å²) < 4.78 is 7.76. The molecule has 0 radical (unpaired) electrons. The zero-order valence-electron chi connectivity index (χ0n) is 11.5. The summed E-state index contributed by atoms with van der Waals surface area (Å²) >= 11 is 0. The summed E-state index contributed by atoms with van der Waals surface area (Å²) in [5.74, 6) is 0.545. The molecular weight excluding hydrogens is 226 g/mol. The Morgan fingerprint density at radius 2 is 2.11 bits per heavy atom. The Bertz CT molecular complexity index is 557. The SMILES string of the molecule is CCOC(C)(C)Cn1c(N)nc2ccc(C)cc21. The molecule has 0 spiro atoms. The lowest BCUT2D eigenvalue weighted by atomic mass is 10.1. The summed E-state index contributed by atoms with van der Waals surface area (Å²) in [6.07, 6.45) is 0. The van der Waals surface area contributed by atoms with Crippen LogP contribution in [0.3, 0.4) is 0 Å². The van der Waals surface area contributed by atoms with Crippen LogP contribution in [0.5, 0.6) is 0 Å². The van der Waals surface area contributed by atoms with E-state index < -0.39 is 0 Å². The maximum absolute atomic E-state index is 6.00. The molecule has 1 heterocycles. The first-order valence-corrected chi connectivity index (χ1v) is 6.29. The van der Waals surface area contributed by atoms with Gasteiger partial charge >= 0.3 is 0 Å². The van der Waals surface area contributed by atoms with E-state index in [0.717, 1.165) is 11.0 Å². The van der Waals surface area contributed by atoms with Gasteiger partial charge in [0, 0.05) is 6.61 Å². The number of aromatic nitrogens is 2. The highest BCUT2D eigenvalue weighted by Gasteiger charge is 2.21. The molecule has 0 amide bonds. The zero-order valence-corrected chi connectivity index (χ0v) is 11.5. The molecule has 0 saturated heterocycles. The average Bonchev–Trinajstić information content (AvgIpc) is 2.55. The highest BCUT2D eigenvalue weighted by Crippen LogP contribution is 2.23. The van der Waals surface area contributed by atoms with Crippen LogP contribution in [0.15, 0.2) is 18.2 Å². The van der Waals surface area contributed by atoms with E-state index in [1.165, 1.54) is 5.56 Å². The highest BCUT2D eigenvalue weighted by molar-refractivity contribution is 5.79. The molecule has 4 nitrogen and oxygen atoms in total. The minimum Gasteiger partial charge on any atom is -0.374 e. The Morgan fingerprint density at radius 1 is 1.39 bits per heavy atom. The second-order valence-corrected chi connectivity index (χ2v) is 5.24. The molecule has 98 valence electrons. The topological polar surface area (TPSA) is 53.1 Å². The molecule has 0 aliphatic heterocycles. The van der Waals surface area contributed by atoms with Crippen molar-refractivity contribution < 1.29 is 4.74 Å². The summed E-state index contributed by atoms with van der Waals surface area (Å²) in [4.78, 5) is 4.38. The Morgan fingerprint density at radius 3 is 2.78 bits per heavy atom. The van der Waals surface area contributed by atoms with Crippen LogP contribution < -0.4 is 5.73 Å². The summed E-state index contributed by atoms with van der Waals surface area (Å²) in [5, 5.41) is 0. The van der Waals surface area contributed by atoms with Crippen LogP contribution in [0, 0.1) is 6.92 Å². The second kappa shape index (κ2) is 4.61. The van der Waals surface area contributed by atoms with Gasteiger partial charge < -0.3 is 15.0 Å². The van der Waals surface area contributed by atoms with E-state index in [2.05, 4.69) is 31.8 Å². The number of rotatable bonds is 4. The monoisotopic (exact) mass is 247 g/mol. The third-order valence-electron chi connectivity index (χ3n) is 3.01. The van der Waals surface area contributed by atoms with Crippen LogP contribution in [0.4, 0.5) is 5.95 Å². The van der Waals surface area contributed by atoms with E-state index in [1.807, 2.05) is 23.6 Å². The van der Waals surface area contributed by atoms with E-state index in [9.17, 15) is 0 Å². The van der Waals surface area contributed by atoms with Crippen molar-refractivity contribution >= 4 is 17.0 Å².